The molecule has 2 aromatic rings. The van der Waals surface area contributed by atoms with Gasteiger partial charge in [-0.2, -0.15) is 0 Å². The number of benzene rings is 1. The van der Waals surface area contributed by atoms with Gasteiger partial charge >= 0.3 is 0 Å². The standard InChI is InChI=1S/C25H33N3OS/c1-2-17-3-4-21-22(12-17)30-24(26-21)28-7-5-27(6-8-28)23(29)16-25-13-18-9-19(14-25)11-20(10-18)15-25/h3-4,12,18-20H,2,5-11,13-16H2,1H3. The average Bonchev–Trinajstić information content (AvgIpc) is 3.15. The van der Waals surface area contributed by atoms with E-state index >= 15 is 0 Å². The lowest BCUT2D eigenvalue weighted by molar-refractivity contribution is -0.139. The van der Waals surface area contributed by atoms with E-state index < -0.39 is 0 Å². The van der Waals surface area contributed by atoms with E-state index in [0.29, 0.717) is 11.3 Å². The maximum Gasteiger partial charge on any atom is 0.223 e. The Morgan fingerprint density at radius 2 is 1.73 bits per heavy atom. The summed E-state index contributed by atoms with van der Waals surface area (Å²) in [5, 5.41) is 1.12. The Balaban J connectivity index is 1.09. The molecule has 7 rings (SSSR count). The van der Waals surface area contributed by atoms with Crippen molar-refractivity contribution in [2.75, 3.05) is 31.1 Å². The fourth-order valence-electron chi connectivity index (χ4n) is 7.40. The Hall–Kier alpha value is -1.62. The number of nitrogens with zero attached hydrogens (tertiary/aromatic N) is 3. The van der Waals surface area contributed by atoms with E-state index in [0.717, 1.165) is 67.4 Å². The van der Waals surface area contributed by atoms with E-state index in [2.05, 4.69) is 34.9 Å². The summed E-state index contributed by atoms with van der Waals surface area (Å²) >= 11 is 1.80. The van der Waals surface area contributed by atoms with Gasteiger partial charge in [0, 0.05) is 32.6 Å². The summed E-state index contributed by atoms with van der Waals surface area (Å²) in [6.45, 7) is 5.71. The summed E-state index contributed by atoms with van der Waals surface area (Å²) < 4.78 is 1.28. The fourth-order valence-corrected chi connectivity index (χ4v) is 8.48. The van der Waals surface area contributed by atoms with E-state index in [1.165, 1.54) is 48.8 Å². The second-order valence-electron chi connectivity index (χ2n) is 10.6. The summed E-state index contributed by atoms with van der Waals surface area (Å²) in [6, 6.07) is 6.62. The Kier molecular flexibility index (Phi) is 4.59. The molecular weight excluding hydrogens is 390 g/mol. The van der Waals surface area contributed by atoms with Crippen molar-refractivity contribution in [3.8, 4) is 0 Å². The van der Waals surface area contributed by atoms with E-state index in [9.17, 15) is 4.79 Å². The van der Waals surface area contributed by atoms with E-state index in [1.54, 1.807) is 11.3 Å². The van der Waals surface area contributed by atoms with Gasteiger partial charge < -0.3 is 9.80 Å². The van der Waals surface area contributed by atoms with Crippen LogP contribution in [0, 0.1) is 23.2 Å². The van der Waals surface area contributed by atoms with Gasteiger partial charge in [-0.25, -0.2) is 4.98 Å². The lowest BCUT2D eigenvalue weighted by Gasteiger charge is -2.57. The maximum atomic E-state index is 13.2. The number of carbonyl (C=O) groups excluding carboxylic acids is 1. The molecule has 0 atom stereocenters. The lowest BCUT2D eigenvalue weighted by Crippen LogP contribution is -2.52. The number of aromatic nitrogens is 1. The first-order valence-corrected chi connectivity index (χ1v) is 12.8. The predicted molar refractivity (Wildman–Crippen MR) is 123 cm³/mol. The molecule has 4 nitrogen and oxygen atoms in total. The van der Waals surface area contributed by atoms with Gasteiger partial charge in [0.2, 0.25) is 5.91 Å². The van der Waals surface area contributed by atoms with Crippen LogP contribution in [0.5, 0.6) is 0 Å². The van der Waals surface area contributed by atoms with Crippen LogP contribution in [0.4, 0.5) is 5.13 Å². The summed E-state index contributed by atoms with van der Waals surface area (Å²) in [5.74, 6) is 3.20. The minimum Gasteiger partial charge on any atom is -0.345 e. The van der Waals surface area contributed by atoms with Crippen molar-refractivity contribution in [3.05, 3.63) is 23.8 Å². The van der Waals surface area contributed by atoms with Crippen LogP contribution in [0.1, 0.15) is 57.4 Å². The highest BCUT2D eigenvalue weighted by molar-refractivity contribution is 7.22. The van der Waals surface area contributed by atoms with E-state index in [-0.39, 0.29) is 0 Å². The molecule has 1 aromatic heterocycles. The molecule has 4 bridgehead atoms. The van der Waals surface area contributed by atoms with Crippen LogP contribution in [0.25, 0.3) is 10.2 Å². The summed E-state index contributed by atoms with van der Waals surface area (Å²) in [4.78, 5) is 22.6. The number of rotatable bonds is 4. The van der Waals surface area contributed by atoms with Crippen LogP contribution >= 0.6 is 11.3 Å². The first kappa shape index (κ1) is 19.1. The third-order valence-corrected chi connectivity index (χ3v) is 9.52. The van der Waals surface area contributed by atoms with E-state index in [1.807, 2.05) is 0 Å². The molecule has 4 aliphatic carbocycles. The van der Waals surface area contributed by atoms with Gasteiger partial charge in [-0.1, -0.05) is 24.3 Å². The number of hydrogen-bond acceptors (Lipinski definition) is 4. The minimum atomic E-state index is 0.354. The van der Waals surface area contributed by atoms with Crippen LogP contribution in [0.3, 0.4) is 0 Å². The van der Waals surface area contributed by atoms with Gasteiger partial charge in [0.25, 0.3) is 0 Å². The van der Waals surface area contributed by atoms with Gasteiger partial charge in [0.1, 0.15) is 0 Å². The third kappa shape index (κ3) is 3.34. The Bertz CT molecular complexity index is 923. The number of hydrogen-bond donors (Lipinski definition) is 0. The molecule has 0 unspecified atom stereocenters. The second kappa shape index (κ2) is 7.22. The fraction of sp³-hybridized carbons (Fsp3) is 0.680. The molecule has 0 N–H and O–H groups in total. The highest BCUT2D eigenvalue weighted by Crippen LogP contribution is 2.61. The molecule has 1 aliphatic heterocycles. The molecule has 5 heteroatoms. The third-order valence-electron chi connectivity index (χ3n) is 8.44. The number of fused-ring (bicyclic) bond motifs is 1. The van der Waals surface area contributed by atoms with Crippen LogP contribution < -0.4 is 4.90 Å². The largest absolute Gasteiger partial charge is 0.345 e. The molecule has 2 heterocycles. The topological polar surface area (TPSA) is 36.4 Å². The van der Waals surface area contributed by atoms with Crippen molar-refractivity contribution in [1.29, 1.82) is 0 Å². The quantitative estimate of drug-likeness (QED) is 0.685. The average molecular weight is 424 g/mol. The van der Waals surface area contributed by atoms with Crippen molar-refractivity contribution in [1.82, 2.24) is 9.88 Å². The predicted octanol–water partition coefficient (Wildman–Crippen LogP) is 5.11. The maximum absolute atomic E-state index is 13.2. The van der Waals surface area contributed by atoms with Crippen molar-refractivity contribution >= 4 is 32.6 Å². The van der Waals surface area contributed by atoms with Crippen molar-refractivity contribution < 1.29 is 4.79 Å². The number of amides is 1. The minimum absolute atomic E-state index is 0.354. The zero-order chi connectivity index (χ0) is 20.3. The lowest BCUT2D eigenvalue weighted by atomic mass is 9.49. The molecule has 1 saturated heterocycles. The van der Waals surface area contributed by atoms with Gasteiger partial charge in [-0.3, -0.25) is 4.79 Å². The molecule has 30 heavy (non-hydrogen) atoms. The molecule has 5 aliphatic rings. The Labute approximate surface area is 183 Å². The number of carbonyl (C=O) groups is 1. The first-order valence-electron chi connectivity index (χ1n) is 12.0. The zero-order valence-corrected chi connectivity index (χ0v) is 18.9. The van der Waals surface area contributed by atoms with Crippen LogP contribution in [-0.2, 0) is 11.2 Å². The number of thiazole rings is 1. The Morgan fingerprint density at radius 3 is 2.37 bits per heavy atom. The van der Waals surface area contributed by atoms with Crippen LogP contribution in [0.15, 0.2) is 18.2 Å². The van der Waals surface area contributed by atoms with Gasteiger partial charge in [0.05, 0.1) is 10.2 Å². The summed E-state index contributed by atoms with van der Waals surface area (Å²) in [7, 11) is 0. The normalized spacial score (nSPS) is 32.9. The number of anilines is 1. The molecule has 1 amide bonds. The van der Waals surface area contributed by atoms with Gasteiger partial charge in [-0.15, -0.1) is 0 Å². The molecule has 1 aromatic carbocycles. The smallest absolute Gasteiger partial charge is 0.223 e. The molecular formula is C25H33N3OS. The molecule has 5 fully saturated rings. The highest BCUT2D eigenvalue weighted by Gasteiger charge is 2.51. The van der Waals surface area contributed by atoms with Crippen molar-refractivity contribution in [3.63, 3.8) is 0 Å². The van der Waals surface area contributed by atoms with E-state index in [4.69, 9.17) is 4.98 Å². The van der Waals surface area contributed by atoms with Gasteiger partial charge in [-0.05, 0) is 85.8 Å². The van der Waals surface area contributed by atoms with Gasteiger partial charge in [0.15, 0.2) is 5.13 Å². The number of aryl methyl sites for hydroxylation is 1. The molecule has 160 valence electrons. The SMILES string of the molecule is CCc1ccc2nc(N3CCN(C(=O)CC45CC6CC(CC(C6)C4)C5)CC3)sc2c1. The van der Waals surface area contributed by atoms with Crippen LogP contribution in [0.2, 0.25) is 0 Å². The highest BCUT2D eigenvalue weighted by atomic mass is 32.1. The molecule has 0 spiro atoms. The first-order chi connectivity index (χ1) is 14.6. The summed E-state index contributed by atoms with van der Waals surface area (Å²) in [6.07, 6.45) is 10.2. The van der Waals surface area contributed by atoms with Crippen LogP contribution in [-0.4, -0.2) is 42.0 Å². The second-order valence-corrected chi connectivity index (χ2v) is 11.6. The van der Waals surface area contributed by atoms with Crippen molar-refractivity contribution in [2.24, 2.45) is 23.2 Å². The Morgan fingerprint density at radius 1 is 1.07 bits per heavy atom. The zero-order valence-electron chi connectivity index (χ0n) is 18.1. The number of piperazine rings is 1. The summed E-state index contributed by atoms with van der Waals surface area (Å²) in [5.41, 5.74) is 2.83. The monoisotopic (exact) mass is 423 g/mol. The van der Waals surface area contributed by atoms with Crippen molar-refractivity contribution in [2.45, 2.75) is 58.3 Å². The molecule has 4 saturated carbocycles. The molecule has 0 radical (unpaired) electrons.